The molecule has 0 aliphatic rings. The summed E-state index contributed by atoms with van der Waals surface area (Å²) in [5.41, 5.74) is 6.63. The Bertz CT molecular complexity index is 1330. The molecule has 5 amide bonds. The lowest BCUT2D eigenvalue weighted by Crippen LogP contribution is -2.57. The molecule has 0 saturated heterocycles. The summed E-state index contributed by atoms with van der Waals surface area (Å²) in [7, 11) is 0. The van der Waals surface area contributed by atoms with Crippen molar-refractivity contribution in [1.29, 1.82) is 0 Å². The fourth-order valence-electron chi connectivity index (χ4n) is 4.03. The fourth-order valence-corrected chi connectivity index (χ4v) is 4.03. The molecule has 0 aliphatic heterocycles. The lowest BCUT2D eigenvalue weighted by molar-refractivity contribution is -0.142. The van der Waals surface area contributed by atoms with Crippen LogP contribution in [0.1, 0.15) is 37.4 Å². The van der Waals surface area contributed by atoms with Crippen LogP contribution in [0.4, 0.5) is 0 Å². The van der Waals surface area contributed by atoms with Crippen molar-refractivity contribution < 1.29 is 39.0 Å². The van der Waals surface area contributed by atoms with E-state index in [1.54, 1.807) is 19.1 Å². The number of aromatic hydroxyl groups is 1. The topological polar surface area (TPSA) is 258 Å². The molecular weight excluding hydrogens is 588 g/mol. The molecule has 2 rings (SSSR count). The molecule has 3 unspecified atom stereocenters. The summed E-state index contributed by atoms with van der Waals surface area (Å²) in [5.74, 6) is -4.43. The summed E-state index contributed by atoms with van der Waals surface area (Å²) in [6.07, 6.45) is 3.58. The SMILES string of the molecule is C=C(C)C(=O)NCCCCC(NC(=O)C(Cc1ccc(O)cc1)NC(=O)C(Cc1cnc[nH]1)NC(=O)CNC(=O)CN)C(=O)O. The number of aromatic nitrogens is 2. The predicted molar refractivity (Wildman–Crippen MR) is 161 cm³/mol. The first-order valence-corrected chi connectivity index (χ1v) is 14.2. The maximum Gasteiger partial charge on any atom is 0.326 e. The highest BCUT2D eigenvalue weighted by Crippen LogP contribution is 2.12. The number of carbonyl (C=O) groups excluding carboxylic acids is 5. The van der Waals surface area contributed by atoms with Crippen LogP contribution in [0.15, 0.2) is 48.9 Å². The summed E-state index contributed by atoms with van der Waals surface area (Å²) >= 11 is 0. The number of amides is 5. The number of carbonyl (C=O) groups is 6. The molecule has 1 aromatic carbocycles. The number of unbranched alkanes of at least 4 members (excludes halogenated alkanes) is 1. The minimum atomic E-state index is -1.29. The van der Waals surface area contributed by atoms with Gasteiger partial charge < -0.3 is 47.5 Å². The number of phenolic OH excluding ortho intramolecular Hbond substituents is 1. The number of phenols is 1. The molecule has 0 saturated carbocycles. The highest BCUT2D eigenvalue weighted by atomic mass is 16.4. The van der Waals surface area contributed by atoms with Gasteiger partial charge in [-0.15, -0.1) is 0 Å². The summed E-state index contributed by atoms with van der Waals surface area (Å²) in [6.45, 7) is 4.63. The number of carboxylic acid groups (broad SMARTS) is 1. The normalized spacial score (nSPS) is 12.6. The third-order valence-corrected chi connectivity index (χ3v) is 6.48. The van der Waals surface area contributed by atoms with Gasteiger partial charge in [0.25, 0.3) is 0 Å². The van der Waals surface area contributed by atoms with Crippen molar-refractivity contribution in [3.05, 3.63) is 60.2 Å². The molecule has 45 heavy (non-hydrogen) atoms. The lowest BCUT2D eigenvalue weighted by atomic mass is 10.0. The lowest BCUT2D eigenvalue weighted by Gasteiger charge is -2.25. The van der Waals surface area contributed by atoms with Crippen molar-refractivity contribution in [3.8, 4) is 5.75 Å². The molecule has 0 bridgehead atoms. The van der Waals surface area contributed by atoms with Crippen LogP contribution < -0.4 is 32.3 Å². The minimum Gasteiger partial charge on any atom is -0.508 e. The fraction of sp³-hybridized carbons (Fsp3) is 0.414. The van der Waals surface area contributed by atoms with Crippen molar-refractivity contribution >= 4 is 35.5 Å². The number of H-pyrrole nitrogens is 1. The second-order valence-corrected chi connectivity index (χ2v) is 10.2. The Labute approximate surface area is 259 Å². The summed E-state index contributed by atoms with van der Waals surface area (Å²) in [6, 6.07) is 2.09. The molecule has 10 N–H and O–H groups in total. The zero-order valence-electron chi connectivity index (χ0n) is 24.9. The highest BCUT2D eigenvalue weighted by Gasteiger charge is 2.30. The number of hydrogen-bond donors (Lipinski definition) is 9. The maximum absolute atomic E-state index is 13.5. The van der Waals surface area contributed by atoms with Crippen LogP contribution in [0.25, 0.3) is 0 Å². The number of rotatable bonds is 19. The van der Waals surface area contributed by atoms with E-state index in [2.05, 4.69) is 43.1 Å². The number of nitrogens with two attached hydrogens (primary N) is 1. The van der Waals surface area contributed by atoms with Gasteiger partial charge in [0.15, 0.2) is 0 Å². The molecule has 0 radical (unpaired) electrons. The average Bonchev–Trinajstić information content (AvgIpc) is 3.52. The molecule has 3 atom stereocenters. The number of nitrogens with one attached hydrogen (secondary N) is 6. The Balaban J connectivity index is 2.18. The number of aromatic amines is 1. The summed E-state index contributed by atoms with van der Waals surface area (Å²) in [4.78, 5) is 81.2. The Hall–Kier alpha value is -5.25. The van der Waals surface area contributed by atoms with Crippen LogP contribution in [-0.2, 0) is 41.6 Å². The zero-order chi connectivity index (χ0) is 33.4. The van der Waals surface area contributed by atoms with Gasteiger partial charge >= 0.3 is 5.97 Å². The quantitative estimate of drug-likeness (QED) is 0.0634. The Morgan fingerprint density at radius 1 is 0.911 bits per heavy atom. The van der Waals surface area contributed by atoms with Gasteiger partial charge in [-0.05, 0) is 43.9 Å². The third-order valence-electron chi connectivity index (χ3n) is 6.48. The van der Waals surface area contributed by atoms with E-state index in [9.17, 15) is 39.0 Å². The van der Waals surface area contributed by atoms with Gasteiger partial charge in [0.2, 0.25) is 29.5 Å². The molecule has 0 aliphatic carbocycles. The second kappa shape index (κ2) is 18.4. The predicted octanol–water partition coefficient (Wildman–Crippen LogP) is -1.62. The van der Waals surface area contributed by atoms with Gasteiger partial charge in [-0.1, -0.05) is 18.7 Å². The number of aliphatic carboxylic acids is 1. The number of benzene rings is 1. The van der Waals surface area contributed by atoms with Crippen LogP contribution >= 0.6 is 0 Å². The van der Waals surface area contributed by atoms with Crippen molar-refractivity contribution in [2.24, 2.45) is 5.73 Å². The molecule has 2 aromatic rings. The largest absolute Gasteiger partial charge is 0.508 e. The zero-order valence-corrected chi connectivity index (χ0v) is 24.9. The minimum absolute atomic E-state index is 0.0155. The van der Waals surface area contributed by atoms with E-state index in [0.717, 1.165) is 0 Å². The highest BCUT2D eigenvalue weighted by molar-refractivity contribution is 5.94. The Morgan fingerprint density at radius 2 is 1.56 bits per heavy atom. The van der Waals surface area contributed by atoms with Crippen LogP contribution in [0.3, 0.4) is 0 Å². The maximum atomic E-state index is 13.5. The van der Waals surface area contributed by atoms with Crippen molar-refractivity contribution in [2.45, 2.75) is 57.2 Å². The van der Waals surface area contributed by atoms with Crippen molar-refractivity contribution in [1.82, 2.24) is 36.6 Å². The number of carboxylic acids is 1. The third kappa shape index (κ3) is 13.3. The number of imidazole rings is 1. The molecule has 0 fully saturated rings. The van der Waals surface area contributed by atoms with E-state index in [1.165, 1.54) is 24.7 Å². The molecule has 244 valence electrons. The second-order valence-electron chi connectivity index (χ2n) is 10.2. The first kappa shape index (κ1) is 35.9. The van der Waals surface area contributed by atoms with E-state index in [4.69, 9.17) is 5.73 Å². The molecule has 1 aromatic heterocycles. The van der Waals surface area contributed by atoms with Gasteiger partial charge in [-0.2, -0.15) is 0 Å². The van der Waals surface area contributed by atoms with E-state index < -0.39 is 54.3 Å². The van der Waals surface area contributed by atoms with Crippen LogP contribution in [0, 0.1) is 0 Å². The molecule has 16 nitrogen and oxygen atoms in total. The molecule has 1 heterocycles. The molecule has 0 spiro atoms. The van der Waals surface area contributed by atoms with Crippen molar-refractivity contribution in [2.75, 3.05) is 19.6 Å². The van der Waals surface area contributed by atoms with Gasteiger partial charge in [0, 0.05) is 36.9 Å². The van der Waals surface area contributed by atoms with Crippen LogP contribution in [0.5, 0.6) is 5.75 Å². The first-order valence-electron chi connectivity index (χ1n) is 14.2. The van der Waals surface area contributed by atoms with E-state index in [1.807, 2.05) is 0 Å². The van der Waals surface area contributed by atoms with Gasteiger partial charge in [0.05, 0.1) is 19.4 Å². The van der Waals surface area contributed by atoms with Gasteiger partial charge in [0.1, 0.15) is 23.9 Å². The van der Waals surface area contributed by atoms with Crippen LogP contribution in [0.2, 0.25) is 0 Å². The summed E-state index contributed by atoms with van der Waals surface area (Å²) < 4.78 is 0. The number of hydrogen-bond acceptors (Lipinski definition) is 9. The standard InChI is InChI=1S/C29H40N8O8/c1-17(2)26(41)32-10-4-3-5-21(29(44)45)36-27(42)22(11-18-6-8-20(38)9-7-18)37-28(43)23(12-19-14-31-16-34-19)35-25(40)15-33-24(39)13-30/h6-9,14,16,21-23,38H,1,3-5,10-13,15,30H2,2H3,(H,31,34)(H,32,41)(H,33,39)(H,35,40)(H,36,42)(H,37,43)(H,44,45). The Morgan fingerprint density at radius 3 is 2.13 bits per heavy atom. The van der Waals surface area contributed by atoms with E-state index in [0.29, 0.717) is 36.2 Å². The smallest absolute Gasteiger partial charge is 0.326 e. The number of nitrogens with zero attached hydrogens (tertiary/aromatic N) is 1. The van der Waals surface area contributed by atoms with Gasteiger partial charge in [-0.3, -0.25) is 24.0 Å². The Kier molecular flexibility index (Phi) is 14.7. The first-order chi connectivity index (χ1) is 21.4. The van der Waals surface area contributed by atoms with E-state index in [-0.39, 0.29) is 37.5 Å². The van der Waals surface area contributed by atoms with Crippen molar-refractivity contribution in [3.63, 3.8) is 0 Å². The monoisotopic (exact) mass is 628 g/mol. The van der Waals surface area contributed by atoms with E-state index >= 15 is 0 Å². The average molecular weight is 629 g/mol. The molecular formula is C29H40N8O8. The molecule has 16 heteroatoms. The van der Waals surface area contributed by atoms with Gasteiger partial charge in [-0.25, -0.2) is 9.78 Å². The summed E-state index contributed by atoms with van der Waals surface area (Å²) in [5, 5.41) is 32.0. The van der Waals surface area contributed by atoms with Crippen LogP contribution in [-0.4, -0.2) is 93.4 Å².